The van der Waals surface area contributed by atoms with Gasteiger partial charge in [0.15, 0.2) is 11.4 Å². The maximum absolute atomic E-state index is 11.5. The van der Waals surface area contributed by atoms with Crippen LogP contribution in [0, 0.1) is 5.92 Å². The molecule has 0 spiro atoms. The highest BCUT2D eigenvalue weighted by Crippen LogP contribution is 2.30. The highest BCUT2D eigenvalue weighted by molar-refractivity contribution is 5.89. The molecule has 1 aromatic heterocycles. The predicted octanol–water partition coefficient (Wildman–Crippen LogP) is 1.83. The molecule has 0 radical (unpaired) electrons. The zero-order valence-corrected chi connectivity index (χ0v) is 10.1. The van der Waals surface area contributed by atoms with Crippen molar-refractivity contribution in [1.29, 1.82) is 0 Å². The molecular formula is C13H14N2O3. The van der Waals surface area contributed by atoms with Gasteiger partial charge in [-0.15, -0.1) is 0 Å². The number of aromatic nitrogens is 1. The van der Waals surface area contributed by atoms with E-state index >= 15 is 0 Å². The molecule has 1 unspecified atom stereocenters. The molecule has 0 bridgehead atoms. The van der Waals surface area contributed by atoms with E-state index in [1.165, 1.54) is 7.11 Å². The Balaban J connectivity index is 1.86. The molecule has 0 N–H and O–H groups in total. The van der Waals surface area contributed by atoms with E-state index in [2.05, 4.69) is 10.1 Å². The van der Waals surface area contributed by atoms with Crippen molar-refractivity contribution in [2.75, 3.05) is 25.1 Å². The summed E-state index contributed by atoms with van der Waals surface area (Å²) in [5, 5.41) is 5.08. The second-order valence-electron chi connectivity index (χ2n) is 4.46. The maximum Gasteiger partial charge on any atom is 0.310 e. The monoisotopic (exact) mass is 246 g/mol. The van der Waals surface area contributed by atoms with Gasteiger partial charge in [0.25, 0.3) is 0 Å². The van der Waals surface area contributed by atoms with Crippen LogP contribution in [-0.4, -0.2) is 31.3 Å². The fourth-order valence-electron chi connectivity index (χ4n) is 2.41. The van der Waals surface area contributed by atoms with Gasteiger partial charge in [0.05, 0.1) is 18.4 Å². The highest BCUT2D eigenvalue weighted by Gasteiger charge is 2.31. The zero-order valence-electron chi connectivity index (χ0n) is 10.1. The van der Waals surface area contributed by atoms with Crippen molar-refractivity contribution >= 4 is 22.8 Å². The molecule has 1 aliphatic heterocycles. The first-order chi connectivity index (χ1) is 8.79. The summed E-state index contributed by atoms with van der Waals surface area (Å²) in [7, 11) is 1.43. The number of hydrogen-bond acceptors (Lipinski definition) is 5. The number of ether oxygens (including phenoxy) is 1. The molecule has 94 valence electrons. The van der Waals surface area contributed by atoms with Gasteiger partial charge in [-0.05, 0) is 18.6 Å². The van der Waals surface area contributed by atoms with Crippen LogP contribution in [0.4, 0.5) is 5.82 Å². The van der Waals surface area contributed by atoms with Crippen LogP contribution in [0.3, 0.4) is 0 Å². The van der Waals surface area contributed by atoms with Crippen molar-refractivity contribution < 1.29 is 14.1 Å². The van der Waals surface area contributed by atoms with Crippen LogP contribution in [0.25, 0.3) is 11.0 Å². The van der Waals surface area contributed by atoms with Crippen LogP contribution >= 0.6 is 0 Å². The van der Waals surface area contributed by atoms with Gasteiger partial charge in [-0.25, -0.2) is 0 Å². The fourth-order valence-corrected chi connectivity index (χ4v) is 2.41. The lowest BCUT2D eigenvalue weighted by molar-refractivity contribution is -0.144. The number of fused-ring (bicyclic) bond motifs is 1. The highest BCUT2D eigenvalue weighted by atomic mass is 16.5. The molecule has 0 saturated carbocycles. The SMILES string of the molecule is COC(=O)C1CCN(c2noc3ccccc23)C1. The van der Waals surface area contributed by atoms with Crippen molar-refractivity contribution in [1.82, 2.24) is 5.16 Å². The number of anilines is 1. The fraction of sp³-hybridized carbons (Fsp3) is 0.385. The molecule has 1 aliphatic rings. The normalized spacial score (nSPS) is 19.4. The molecule has 1 aromatic carbocycles. The van der Waals surface area contributed by atoms with Gasteiger partial charge in [0.1, 0.15) is 0 Å². The van der Waals surface area contributed by atoms with E-state index in [9.17, 15) is 4.79 Å². The second-order valence-corrected chi connectivity index (χ2v) is 4.46. The van der Waals surface area contributed by atoms with Crippen molar-refractivity contribution in [3.05, 3.63) is 24.3 Å². The van der Waals surface area contributed by atoms with Crippen LogP contribution in [0.15, 0.2) is 28.8 Å². The summed E-state index contributed by atoms with van der Waals surface area (Å²) in [4.78, 5) is 13.6. The van der Waals surface area contributed by atoms with Gasteiger partial charge >= 0.3 is 5.97 Å². The van der Waals surface area contributed by atoms with E-state index in [1.807, 2.05) is 24.3 Å². The van der Waals surface area contributed by atoms with Gasteiger partial charge in [0, 0.05) is 13.1 Å². The number of hydrogen-bond donors (Lipinski definition) is 0. The summed E-state index contributed by atoms with van der Waals surface area (Å²) in [5.41, 5.74) is 0.772. The molecule has 2 heterocycles. The summed E-state index contributed by atoms with van der Waals surface area (Å²) < 4.78 is 10.1. The third kappa shape index (κ3) is 1.72. The lowest BCUT2D eigenvalue weighted by Crippen LogP contribution is -2.23. The van der Waals surface area contributed by atoms with Gasteiger partial charge in [-0.1, -0.05) is 17.3 Å². The smallest absolute Gasteiger partial charge is 0.310 e. The molecule has 1 saturated heterocycles. The Morgan fingerprint density at radius 2 is 2.33 bits per heavy atom. The van der Waals surface area contributed by atoms with Gasteiger partial charge < -0.3 is 14.2 Å². The van der Waals surface area contributed by atoms with E-state index in [0.29, 0.717) is 6.54 Å². The van der Waals surface area contributed by atoms with Crippen LogP contribution in [-0.2, 0) is 9.53 Å². The number of benzene rings is 1. The van der Waals surface area contributed by atoms with E-state index in [0.717, 1.165) is 29.8 Å². The molecule has 2 aromatic rings. The minimum Gasteiger partial charge on any atom is -0.469 e. The quantitative estimate of drug-likeness (QED) is 0.757. The number of rotatable bonds is 2. The van der Waals surface area contributed by atoms with Gasteiger partial charge in [-0.3, -0.25) is 4.79 Å². The van der Waals surface area contributed by atoms with Crippen molar-refractivity contribution in [2.24, 2.45) is 5.92 Å². The standard InChI is InChI=1S/C13H14N2O3/c1-17-13(16)9-6-7-15(8-9)12-10-4-2-3-5-11(10)18-14-12/h2-5,9H,6-8H2,1H3. The molecule has 0 aliphatic carbocycles. The molecule has 3 rings (SSSR count). The van der Waals surface area contributed by atoms with Gasteiger partial charge in [0.2, 0.25) is 0 Å². The van der Waals surface area contributed by atoms with Crippen molar-refractivity contribution in [3.63, 3.8) is 0 Å². The summed E-state index contributed by atoms with van der Waals surface area (Å²) in [6, 6.07) is 7.74. The van der Waals surface area contributed by atoms with Crippen LogP contribution in [0.1, 0.15) is 6.42 Å². The first-order valence-corrected chi connectivity index (χ1v) is 5.97. The Kier molecular flexibility index (Phi) is 2.66. The average molecular weight is 246 g/mol. The van der Waals surface area contributed by atoms with Crippen molar-refractivity contribution in [3.8, 4) is 0 Å². The number of esters is 1. The Labute approximate surface area is 104 Å². The minimum atomic E-state index is -0.148. The molecule has 18 heavy (non-hydrogen) atoms. The van der Waals surface area contributed by atoms with Crippen LogP contribution in [0.2, 0.25) is 0 Å². The van der Waals surface area contributed by atoms with E-state index in [1.54, 1.807) is 0 Å². The number of para-hydroxylation sites is 1. The Hall–Kier alpha value is -2.04. The molecule has 5 nitrogen and oxygen atoms in total. The Bertz CT molecular complexity index is 578. The third-order valence-corrected chi connectivity index (χ3v) is 3.38. The number of carbonyl (C=O) groups is 1. The second kappa shape index (κ2) is 4.33. The average Bonchev–Trinajstić information content (AvgIpc) is 3.03. The maximum atomic E-state index is 11.5. The molecular weight excluding hydrogens is 232 g/mol. The molecule has 0 amide bonds. The summed E-state index contributed by atoms with van der Waals surface area (Å²) >= 11 is 0. The van der Waals surface area contributed by atoms with Crippen molar-refractivity contribution in [2.45, 2.75) is 6.42 Å². The number of methoxy groups -OCH3 is 1. The minimum absolute atomic E-state index is 0.0644. The first kappa shape index (κ1) is 11.1. The Morgan fingerprint density at radius 1 is 1.50 bits per heavy atom. The lowest BCUT2D eigenvalue weighted by atomic mass is 10.1. The predicted molar refractivity (Wildman–Crippen MR) is 66.3 cm³/mol. The largest absolute Gasteiger partial charge is 0.469 e. The molecule has 5 heteroatoms. The van der Waals surface area contributed by atoms with E-state index in [-0.39, 0.29) is 11.9 Å². The summed E-state index contributed by atoms with van der Waals surface area (Å²) in [6.45, 7) is 1.44. The van der Waals surface area contributed by atoms with Gasteiger partial charge in [-0.2, -0.15) is 0 Å². The number of nitrogens with zero attached hydrogens (tertiary/aromatic N) is 2. The zero-order chi connectivity index (χ0) is 12.5. The third-order valence-electron chi connectivity index (χ3n) is 3.38. The summed E-state index contributed by atoms with van der Waals surface area (Å²) in [5.74, 6) is 0.604. The molecule has 1 fully saturated rings. The van der Waals surface area contributed by atoms with Crippen LogP contribution in [0.5, 0.6) is 0 Å². The number of carbonyl (C=O) groups excluding carboxylic acids is 1. The van der Waals surface area contributed by atoms with E-state index in [4.69, 9.17) is 9.26 Å². The first-order valence-electron chi connectivity index (χ1n) is 5.97. The topological polar surface area (TPSA) is 55.6 Å². The van der Waals surface area contributed by atoms with E-state index < -0.39 is 0 Å². The molecule has 1 atom stereocenters. The Morgan fingerprint density at radius 3 is 3.17 bits per heavy atom. The lowest BCUT2D eigenvalue weighted by Gasteiger charge is -2.14. The van der Waals surface area contributed by atoms with Crippen LogP contribution < -0.4 is 4.90 Å². The summed E-state index contributed by atoms with van der Waals surface area (Å²) in [6.07, 6.45) is 0.799.